The number of nitrogens with one attached hydrogen (secondary N) is 1. The zero-order valence-electron chi connectivity index (χ0n) is 13.0. The summed E-state index contributed by atoms with van der Waals surface area (Å²) in [6.45, 7) is 9.88. The molecule has 3 rings (SSSR count). The maximum absolute atomic E-state index is 3.76. The summed E-state index contributed by atoms with van der Waals surface area (Å²) in [5, 5.41) is 3.76. The van der Waals surface area contributed by atoms with Gasteiger partial charge in [0.15, 0.2) is 0 Å². The second-order valence-electron chi connectivity index (χ2n) is 7.99. The summed E-state index contributed by atoms with van der Waals surface area (Å²) in [6, 6.07) is 0.951. The molecule has 1 saturated heterocycles. The van der Waals surface area contributed by atoms with Crippen LogP contribution in [0.2, 0.25) is 0 Å². The van der Waals surface area contributed by atoms with Crippen LogP contribution in [0.25, 0.3) is 0 Å². The van der Waals surface area contributed by atoms with Crippen molar-refractivity contribution in [2.24, 2.45) is 17.3 Å². The third-order valence-corrected chi connectivity index (χ3v) is 5.78. The van der Waals surface area contributed by atoms with E-state index in [1.165, 1.54) is 71.1 Å². The van der Waals surface area contributed by atoms with Crippen molar-refractivity contribution in [1.29, 1.82) is 0 Å². The fourth-order valence-electron chi connectivity index (χ4n) is 4.79. The molecule has 2 heteroatoms. The van der Waals surface area contributed by atoms with Gasteiger partial charge in [-0.15, -0.1) is 0 Å². The Balaban J connectivity index is 1.54. The predicted octanol–water partition coefficient (Wildman–Crippen LogP) is 3.28. The molecule has 2 saturated carbocycles. The molecule has 19 heavy (non-hydrogen) atoms. The van der Waals surface area contributed by atoms with Gasteiger partial charge in [0.05, 0.1) is 0 Å². The Morgan fingerprint density at radius 1 is 1.21 bits per heavy atom. The minimum Gasteiger partial charge on any atom is -0.316 e. The van der Waals surface area contributed by atoms with Gasteiger partial charge in [-0.2, -0.15) is 0 Å². The third kappa shape index (κ3) is 3.16. The van der Waals surface area contributed by atoms with Gasteiger partial charge in [-0.05, 0) is 55.9 Å². The molecule has 2 nitrogen and oxygen atoms in total. The highest BCUT2D eigenvalue weighted by Gasteiger charge is 2.43. The van der Waals surface area contributed by atoms with Crippen LogP contribution in [0.4, 0.5) is 0 Å². The SMILES string of the molecule is CC(C)CNCC1(CN2CC3CCC2C3)CCCC1. The van der Waals surface area contributed by atoms with Crippen LogP contribution >= 0.6 is 0 Å². The molecular weight excluding hydrogens is 232 g/mol. The Kier molecular flexibility index (Phi) is 4.19. The van der Waals surface area contributed by atoms with Gasteiger partial charge < -0.3 is 5.32 Å². The number of hydrogen-bond acceptors (Lipinski definition) is 2. The summed E-state index contributed by atoms with van der Waals surface area (Å²) in [7, 11) is 0. The van der Waals surface area contributed by atoms with Gasteiger partial charge in [0.25, 0.3) is 0 Å². The largest absolute Gasteiger partial charge is 0.316 e. The zero-order valence-corrected chi connectivity index (χ0v) is 13.0. The van der Waals surface area contributed by atoms with Crippen LogP contribution in [0.3, 0.4) is 0 Å². The molecule has 2 atom stereocenters. The molecule has 0 amide bonds. The average molecular weight is 264 g/mol. The van der Waals surface area contributed by atoms with Gasteiger partial charge in [-0.3, -0.25) is 4.90 Å². The molecule has 1 heterocycles. The molecule has 1 aliphatic heterocycles. The highest BCUT2D eigenvalue weighted by Crippen LogP contribution is 2.43. The Bertz CT molecular complexity index is 294. The highest BCUT2D eigenvalue weighted by molar-refractivity contribution is 4.97. The van der Waals surface area contributed by atoms with Crippen LogP contribution in [-0.4, -0.2) is 37.1 Å². The van der Waals surface area contributed by atoms with E-state index in [0.29, 0.717) is 5.41 Å². The molecule has 3 fully saturated rings. The van der Waals surface area contributed by atoms with Crippen molar-refractivity contribution >= 4 is 0 Å². The normalized spacial score (nSPS) is 33.6. The van der Waals surface area contributed by atoms with Crippen LogP contribution in [0.15, 0.2) is 0 Å². The summed E-state index contributed by atoms with van der Waals surface area (Å²) in [6.07, 6.45) is 10.4. The topological polar surface area (TPSA) is 15.3 Å². The summed E-state index contributed by atoms with van der Waals surface area (Å²) < 4.78 is 0. The molecule has 2 aliphatic carbocycles. The second kappa shape index (κ2) is 5.73. The molecule has 1 N–H and O–H groups in total. The Hall–Kier alpha value is -0.0800. The van der Waals surface area contributed by atoms with Crippen molar-refractivity contribution in [3.05, 3.63) is 0 Å². The van der Waals surface area contributed by atoms with E-state index in [1.807, 2.05) is 0 Å². The molecule has 0 aromatic rings. The Morgan fingerprint density at radius 2 is 2.00 bits per heavy atom. The van der Waals surface area contributed by atoms with E-state index in [2.05, 4.69) is 24.1 Å². The number of piperidine rings is 1. The van der Waals surface area contributed by atoms with Crippen molar-refractivity contribution < 1.29 is 0 Å². The number of rotatable bonds is 6. The van der Waals surface area contributed by atoms with Crippen LogP contribution < -0.4 is 5.32 Å². The van der Waals surface area contributed by atoms with Crippen molar-refractivity contribution in [2.75, 3.05) is 26.2 Å². The quantitative estimate of drug-likeness (QED) is 0.792. The zero-order chi connectivity index (χ0) is 13.3. The first-order valence-corrected chi connectivity index (χ1v) is 8.62. The molecule has 0 aromatic heterocycles. The first kappa shape index (κ1) is 13.9. The van der Waals surface area contributed by atoms with Crippen LogP contribution in [0, 0.1) is 17.3 Å². The van der Waals surface area contributed by atoms with Crippen LogP contribution in [0.1, 0.15) is 58.8 Å². The van der Waals surface area contributed by atoms with E-state index in [4.69, 9.17) is 0 Å². The second-order valence-corrected chi connectivity index (χ2v) is 7.99. The van der Waals surface area contributed by atoms with Gasteiger partial charge in [-0.1, -0.05) is 26.7 Å². The lowest BCUT2D eigenvalue weighted by molar-refractivity contribution is 0.119. The number of likely N-dealkylation sites (tertiary alicyclic amines) is 1. The lowest BCUT2D eigenvalue weighted by atomic mass is 9.84. The average Bonchev–Trinajstić information content (AvgIpc) is 3.05. The summed E-state index contributed by atoms with van der Waals surface area (Å²) >= 11 is 0. The van der Waals surface area contributed by atoms with Crippen LogP contribution in [-0.2, 0) is 0 Å². The minimum absolute atomic E-state index is 0.610. The maximum atomic E-state index is 3.76. The minimum atomic E-state index is 0.610. The molecule has 0 spiro atoms. The Labute approximate surface area is 119 Å². The smallest absolute Gasteiger partial charge is 0.00988 e. The van der Waals surface area contributed by atoms with Gasteiger partial charge in [-0.25, -0.2) is 0 Å². The molecule has 2 bridgehead atoms. The number of hydrogen-bond donors (Lipinski definition) is 1. The molecule has 2 unspecified atom stereocenters. The fraction of sp³-hybridized carbons (Fsp3) is 1.00. The van der Waals surface area contributed by atoms with Gasteiger partial charge >= 0.3 is 0 Å². The van der Waals surface area contributed by atoms with Crippen LogP contribution in [0.5, 0.6) is 0 Å². The summed E-state index contributed by atoms with van der Waals surface area (Å²) in [5.74, 6) is 1.83. The van der Waals surface area contributed by atoms with E-state index in [9.17, 15) is 0 Å². The summed E-state index contributed by atoms with van der Waals surface area (Å²) in [5.41, 5.74) is 0.610. The molecule has 3 aliphatic rings. The maximum Gasteiger partial charge on any atom is 0.00988 e. The van der Waals surface area contributed by atoms with Crippen molar-refractivity contribution in [1.82, 2.24) is 10.2 Å². The van der Waals surface area contributed by atoms with Crippen molar-refractivity contribution in [3.8, 4) is 0 Å². The first-order chi connectivity index (χ1) is 9.17. The van der Waals surface area contributed by atoms with E-state index in [0.717, 1.165) is 17.9 Å². The molecule has 0 radical (unpaired) electrons. The monoisotopic (exact) mass is 264 g/mol. The molecule has 110 valence electrons. The Morgan fingerprint density at radius 3 is 2.58 bits per heavy atom. The highest BCUT2D eigenvalue weighted by atomic mass is 15.2. The van der Waals surface area contributed by atoms with E-state index in [-0.39, 0.29) is 0 Å². The predicted molar refractivity (Wildman–Crippen MR) is 81.3 cm³/mol. The van der Waals surface area contributed by atoms with E-state index in [1.54, 1.807) is 0 Å². The lowest BCUT2D eigenvalue weighted by Crippen LogP contribution is -2.45. The fourth-order valence-corrected chi connectivity index (χ4v) is 4.79. The molecular formula is C17H32N2. The first-order valence-electron chi connectivity index (χ1n) is 8.62. The summed E-state index contributed by atoms with van der Waals surface area (Å²) in [4.78, 5) is 2.86. The standard InChI is InChI=1S/C17H32N2/c1-14(2)10-18-12-17(7-3-4-8-17)13-19-11-15-5-6-16(19)9-15/h14-16,18H,3-13H2,1-2H3. The van der Waals surface area contributed by atoms with Gasteiger partial charge in [0, 0.05) is 25.7 Å². The van der Waals surface area contributed by atoms with Crippen molar-refractivity contribution in [3.63, 3.8) is 0 Å². The number of nitrogens with zero attached hydrogens (tertiary/aromatic N) is 1. The van der Waals surface area contributed by atoms with E-state index < -0.39 is 0 Å². The lowest BCUT2D eigenvalue weighted by Gasteiger charge is -2.38. The third-order valence-electron chi connectivity index (χ3n) is 5.78. The van der Waals surface area contributed by atoms with E-state index >= 15 is 0 Å². The van der Waals surface area contributed by atoms with Gasteiger partial charge in [0.1, 0.15) is 0 Å². The molecule has 0 aromatic carbocycles. The van der Waals surface area contributed by atoms with Gasteiger partial charge in [0.2, 0.25) is 0 Å². The number of fused-ring (bicyclic) bond motifs is 2. The van der Waals surface area contributed by atoms with Crippen molar-refractivity contribution in [2.45, 2.75) is 64.8 Å².